The van der Waals surface area contributed by atoms with Crippen molar-refractivity contribution in [1.82, 2.24) is 5.32 Å². The number of benzene rings is 1. The Morgan fingerprint density at radius 1 is 1.18 bits per heavy atom. The molecule has 0 aliphatic carbocycles. The minimum atomic E-state index is -1.12. The molecule has 5 heteroatoms. The van der Waals surface area contributed by atoms with E-state index < -0.39 is 11.9 Å². The van der Waals surface area contributed by atoms with Crippen LogP contribution in [0.15, 0.2) is 41.0 Å². The lowest BCUT2D eigenvalue weighted by atomic mass is 9.87. The van der Waals surface area contributed by atoms with Crippen LogP contribution < -0.4 is 5.32 Å². The number of hydrogen-bond donors (Lipinski definition) is 2. The fourth-order valence-electron chi connectivity index (χ4n) is 1.96. The van der Waals surface area contributed by atoms with Crippen LogP contribution >= 0.6 is 0 Å². The first-order chi connectivity index (χ1) is 10.3. The van der Waals surface area contributed by atoms with Crippen LogP contribution in [0.1, 0.15) is 52.8 Å². The highest BCUT2D eigenvalue weighted by Crippen LogP contribution is 2.22. The molecule has 0 aliphatic rings. The van der Waals surface area contributed by atoms with Gasteiger partial charge in [0.1, 0.15) is 6.26 Å². The first kappa shape index (κ1) is 15.8. The molecule has 0 atom stereocenters. The van der Waals surface area contributed by atoms with Crippen molar-refractivity contribution in [2.75, 3.05) is 0 Å². The Morgan fingerprint density at radius 2 is 1.82 bits per heavy atom. The zero-order valence-corrected chi connectivity index (χ0v) is 12.8. The maximum Gasteiger partial charge on any atom is 0.338 e. The molecule has 2 aromatic rings. The van der Waals surface area contributed by atoms with Crippen molar-refractivity contribution in [3.63, 3.8) is 0 Å². The summed E-state index contributed by atoms with van der Waals surface area (Å²) in [7, 11) is 0. The van der Waals surface area contributed by atoms with Gasteiger partial charge in [0, 0.05) is 12.6 Å². The van der Waals surface area contributed by atoms with Crippen molar-refractivity contribution in [1.29, 1.82) is 0 Å². The Labute approximate surface area is 129 Å². The van der Waals surface area contributed by atoms with Gasteiger partial charge in [-0.15, -0.1) is 0 Å². The Balaban J connectivity index is 1.97. The number of carboxylic acids is 1. The summed E-state index contributed by atoms with van der Waals surface area (Å²) in [4.78, 5) is 22.6. The average Bonchev–Trinajstić information content (AvgIpc) is 2.94. The highest BCUT2D eigenvalue weighted by atomic mass is 16.4. The topological polar surface area (TPSA) is 79.5 Å². The van der Waals surface area contributed by atoms with Gasteiger partial charge in [-0.25, -0.2) is 4.79 Å². The van der Waals surface area contributed by atoms with E-state index in [1.54, 1.807) is 0 Å². The van der Waals surface area contributed by atoms with Crippen molar-refractivity contribution in [2.24, 2.45) is 0 Å². The number of nitrogens with one attached hydrogen (secondary N) is 1. The molecule has 0 radical (unpaired) electrons. The molecule has 0 aliphatic heterocycles. The monoisotopic (exact) mass is 301 g/mol. The smallest absolute Gasteiger partial charge is 0.338 e. The van der Waals surface area contributed by atoms with Crippen LogP contribution in [0.4, 0.5) is 0 Å². The lowest BCUT2D eigenvalue weighted by molar-refractivity contribution is 0.0696. The first-order valence-corrected chi connectivity index (χ1v) is 6.97. The summed E-state index contributed by atoms with van der Waals surface area (Å²) < 4.78 is 4.95. The van der Waals surface area contributed by atoms with Crippen LogP contribution in [0, 0.1) is 0 Å². The second kappa shape index (κ2) is 6.05. The molecule has 5 nitrogen and oxygen atoms in total. The van der Waals surface area contributed by atoms with Gasteiger partial charge in [0.05, 0.1) is 5.56 Å². The normalized spacial score (nSPS) is 11.2. The maximum atomic E-state index is 11.9. The Morgan fingerprint density at radius 3 is 2.32 bits per heavy atom. The van der Waals surface area contributed by atoms with Crippen LogP contribution in [-0.4, -0.2) is 17.0 Å². The maximum absolute atomic E-state index is 11.9. The third-order valence-corrected chi connectivity index (χ3v) is 3.34. The van der Waals surface area contributed by atoms with Crippen molar-refractivity contribution in [2.45, 2.75) is 32.7 Å². The zero-order chi connectivity index (χ0) is 16.3. The molecule has 2 N–H and O–H groups in total. The molecule has 1 amide bonds. The quantitative estimate of drug-likeness (QED) is 0.908. The van der Waals surface area contributed by atoms with E-state index in [9.17, 15) is 9.59 Å². The van der Waals surface area contributed by atoms with Gasteiger partial charge in [-0.05, 0) is 16.5 Å². The molecule has 0 bridgehead atoms. The van der Waals surface area contributed by atoms with Crippen LogP contribution in [0.25, 0.3) is 0 Å². The molecule has 1 aromatic carbocycles. The average molecular weight is 301 g/mol. The Hall–Kier alpha value is -2.56. The van der Waals surface area contributed by atoms with Crippen LogP contribution in [0.5, 0.6) is 0 Å². The molecule has 22 heavy (non-hydrogen) atoms. The Kier molecular flexibility index (Phi) is 4.35. The fourth-order valence-corrected chi connectivity index (χ4v) is 1.96. The van der Waals surface area contributed by atoms with Gasteiger partial charge < -0.3 is 14.8 Å². The molecular weight excluding hydrogens is 282 g/mol. The minimum Gasteiger partial charge on any atom is -0.478 e. The number of carboxylic acid groups (broad SMARTS) is 1. The molecule has 0 saturated heterocycles. The first-order valence-electron chi connectivity index (χ1n) is 6.97. The molecule has 0 unspecified atom stereocenters. The van der Waals surface area contributed by atoms with E-state index in [-0.39, 0.29) is 16.7 Å². The summed E-state index contributed by atoms with van der Waals surface area (Å²) in [5.41, 5.74) is 2.23. The van der Waals surface area contributed by atoms with Crippen LogP contribution in [0.3, 0.4) is 0 Å². The van der Waals surface area contributed by atoms with E-state index in [4.69, 9.17) is 9.52 Å². The number of hydrogen-bond acceptors (Lipinski definition) is 3. The van der Waals surface area contributed by atoms with E-state index in [1.165, 1.54) is 11.6 Å². The molecule has 0 saturated carbocycles. The van der Waals surface area contributed by atoms with E-state index in [0.717, 1.165) is 11.8 Å². The molecule has 2 rings (SSSR count). The summed E-state index contributed by atoms with van der Waals surface area (Å²) >= 11 is 0. The number of furan rings is 1. The van der Waals surface area contributed by atoms with Crippen molar-refractivity contribution in [3.05, 3.63) is 59.0 Å². The molecular formula is C17H19NO4. The molecule has 0 spiro atoms. The van der Waals surface area contributed by atoms with Gasteiger partial charge in [0.25, 0.3) is 5.91 Å². The molecule has 1 heterocycles. The predicted molar refractivity (Wildman–Crippen MR) is 82.0 cm³/mol. The van der Waals surface area contributed by atoms with Gasteiger partial charge in [-0.2, -0.15) is 0 Å². The number of carbonyl (C=O) groups is 2. The second-order valence-corrected chi connectivity index (χ2v) is 6.13. The van der Waals surface area contributed by atoms with Gasteiger partial charge in [0.2, 0.25) is 0 Å². The van der Waals surface area contributed by atoms with E-state index >= 15 is 0 Å². The van der Waals surface area contributed by atoms with Crippen molar-refractivity contribution < 1.29 is 19.1 Å². The summed E-state index contributed by atoms with van der Waals surface area (Å²) in [5, 5.41) is 11.5. The van der Waals surface area contributed by atoms with Gasteiger partial charge in [-0.3, -0.25) is 4.79 Å². The fraction of sp³-hybridized carbons (Fsp3) is 0.294. The third kappa shape index (κ3) is 3.75. The lowest BCUT2D eigenvalue weighted by Gasteiger charge is -2.19. The van der Waals surface area contributed by atoms with Gasteiger partial charge >= 0.3 is 5.97 Å². The standard InChI is InChI=1S/C17H19NO4/c1-17(2,3)13-6-4-11(5-7-13)9-18-15(19)14-8-12(10-22-14)16(20)21/h4-8,10H,9H2,1-3H3,(H,18,19)(H,20,21). The highest BCUT2D eigenvalue weighted by molar-refractivity contribution is 5.95. The number of rotatable bonds is 4. The minimum absolute atomic E-state index is 0.0105. The third-order valence-electron chi connectivity index (χ3n) is 3.34. The highest BCUT2D eigenvalue weighted by Gasteiger charge is 2.15. The number of amides is 1. The SMILES string of the molecule is CC(C)(C)c1ccc(CNC(=O)c2cc(C(=O)O)co2)cc1. The molecule has 116 valence electrons. The van der Waals surface area contributed by atoms with Crippen molar-refractivity contribution in [3.8, 4) is 0 Å². The molecule has 1 aromatic heterocycles. The predicted octanol–water partition coefficient (Wildman–Crippen LogP) is 3.21. The Bertz CT molecular complexity index is 677. The van der Waals surface area contributed by atoms with Crippen molar-refractivity contribution >= 4 is 11.9 Å². The van der Waals surface area contributed by atoms with E-state index in [2.05, 4.69) is 26.1 Å². The van der Waals surface area contributed by atoms with Gasteiger partial charge in [0.15, 0.2) is 5.76 Å². The summed E-state index contributed by atoms with van der Waals surface area (Å²) in [5.74, 6) is -1.57. The van der Waals surface area contributed by atoms with Crippen LogP contribution in [0.2, 0.25) is 0 Å². The number of aromatic carboxylic acids is 1. The number of carbonyl (C=O) groups excluding carboxylic acids is 1. The largest absolute Gasteiger partial charge is 0.478 e. The van der Waals surface area contributed by atoms with Gasteiger partial charge in [-0.1, -0.05) is 45.0 Å². The second-order valence-electron chi connectivity index (χ2n) is 6.13. The zero-order valence-electron chi connectivity index (χ0n) is 12.8. The van der Waals surface area contributed by atoms with Crippen LogP contribution in [-0.2, 0) is 12.0 Å². The van der Waals surface area contributed by atoms with E-state index in [1.807, 2.05) is 24.3 Å². The lowest BCUT2D eigenvalue weighted by Crippen LogP contribution is -2.22. The summed E-state index contributed by atoms with van der Waals surface area (Å²) in [6, 6.07) is 9.21. The summed E-state index contributed by atoms with van der Waals surface area (Å²) in [6.07, 6.45) is 1.05. The summed E-state index contributed by atoms with van der Waals surface area (Å²) in [6.45, 7) is 6.77. The molecule has 0 fully saturated rings. The van der Waals surface area contributed by atoms with E-state index in [0.29, 0.717) is 6.54 Å².